The van der Waals surface area contributed by atoms with Crippen LogP contribution in [0.15, 0.2) is 18.2 Å². The molecule has 1 aromatic carbocycles. The minimum Gasteiger partial charge on any atom is -0.399 e. The molecule has 0 radical (unpaired) electrons. The summed E-state index contributed by atoms with van der Waals surface area (Å²) in [5.74, 6) is 0.00822. The molecular weight excluding hydrogens is 260 g/mol. The normalized spacial score (nSPS) is 11.1. The molecule has 0 fully saturated rings. The molecule has 5 nitrogen and oxygen atoms in total. The second-order valence-electron chi connectivity index (χ2n) is 4.70. The van der Waals surface area contributed by atoms with Crippen molar-refractivity contribution in [2.75, 3.05) is 31.7 Å². The molecule has 6 heteroatoms. The maximum atomic E-state index is 11.8. The van der Waals surface area contributed by atoms with Crippen LogP contribution in [0.3, 0.4) is 0 Å². The first-order valence-corrected chi connectivity index (χ1v) is 6.97. The molecule has 1 aromatic heterocycles. The summed E-state index contributed by atoms with van der Waals surface area (Å²) in [6.07, 6.45) is 1.35. The van der Waals surface area contributed by atoms with E-state index in [9.17, 15) is 4.79 Å². The van der Waals surface area contributed by atoms with E-state index in [1.165, 1.54) is 11.3 Å². The van der Waals surface area contributed by atoms with Gasteiger partial charge in [-0.2, -0.15) is 0 Å². The number of aromatic nitrogens is 1. The lowest BCUT2D eigenvalue weighted by Crippen LogP contribution is -2.17. The topological polar surface area (TPSA) is 71.2 Å². The summed E-state index contributed by atoms with van der Waals surface area (Å²) in [5.41, 5.74) is 7.29. The van der Waals surface area contributed by atoms with Crippen LogP contribution in [-0.4, -0.2) is 36.4 Å². The van der Waals surface area contributed by atoms with Crippen molar-refractivity contribution in [3.05, 3.63) is 18.2 Å². The van der Waals surface area contributed by atoms with Gasteiger partial charge in [-0.3, -0.25) is 4.79 Å². The number of anilines is 2. The molecule has 0 bridgehead atoms. The number of amides is 1. The van der Waals surface area contributed by atoms with Crippen LogP contribution < -0.4 is 11.1 Å². The Hall–Kier alpha value is -1.66. The standard InChI is InChI=1S/C13H18N4OS/c1-17(2)7-3-4-12(18)16-13-15-10-6-5-9(14)8-11(10)19-13/h5-6,8H,3-4,7,14H2,1-2H3,(H,15,16,18). The predicted molar refractivity (Wildman–Crippen MR) is 80.5 cm³/mol. The van der Waals surface area contributed by atoms with Crippen molar-refractivity contribution in [3.8, 4) is 0 Å². The zero-order valence-corrected chi connectivity index (χ0v) is 12.0. The number of thiazole rings is 1. The number of nitrogen functional groups attached to an aromatic ring is 1. The first-order chi connectivity index (χ1) is 9.04. The second-order valence-corrected chi connectivity index (χ2v) is 5.73. The van der Waals surface area contributed by atoms with Gasteiger partial charge >= 0.3 is 0 Å². The second kappa shape index (κ2) is 5.99. The third kappa shape index (κ3) is 3.90. The lowest BCUT2D eigenvalue weighted by molar-refractivity contribution is -0.116. The summed E-state index contributed by atoms with van der Waals surface area (Å²) in [4.78, 5) is 18.2. The number of nitrogens with one attached hydrogen (secondary N) is 1. The fourth-order valence-electron chi connectivity index (χ4n) is 1.73. The zero-order chi connectivity index (χ0) is 13.8. The van der Waals surface area contributed by atoms with Crippen LogP contribution in [0.25, 0.3) is 10.2 Å². The van der Waals surface area contributed by atoms with E-state index in [0.29, 0.717) is 17.2 Å². The average molecular weight is 278 g/mol. The van der Waals surface area contributed by atoms with Gasteiger partial charge in [0.05, 0.1) is 10.2 Å². The molecule has 0 aliphatic rings. The highest BCUT2D eigenvalue weighted by Crippen LogP contribution is 2.27. The fourth-order valence-corrected chi connectivity index (χ4v) is 2.66. The summed E-state index contributed by atoms with van der Waals surface area (Å²) in [6, 6.07) is 5.54. The number of fused-ring (bicyclic) bond motifs is 1. The van der Waals surface area contributed by atoms with Crippen LogP contribution in [0.4, 0.5) is 10.8 Å². The molecule has 0 unspecified atom stereocenters. The third-order valence-electron chi connectivity index (χ3n) is 2.67. The maximum Gasteiger partial charge on any atom is 0.226 e. The van der Waals surface area contributed by atoms with Crippen LogP contribution in [-0.2, 0) is 4.79 Å². The Bertz CT molecular complexity index is 579. The Kier molecular flexibility index (Phi) is 4.34. The largest absolute Gasteiger partial charge is 0.399 e. The van der Waals surface area contributed by atoms with E-state index < -0.39 is 0 Å². The Balaban J connectivity index is 1.95. The van der Waals surface area contributed by atoms with Crippen LogP contribution >= 0.6 is 11.3 Å². The first kappa shape index (κ1) is 13.8. The van der Waals surface area contributed by atoms with Crippen molar-refractivity contribution in [2.24, 2.45) is 0 Å². The van der Waals surface area contributed by atoms with Gasteiger partial charge < -0.3 is 16.0 Å². The van der Waals surface area contributed by atoms with Crippen molar-refractivity contribution in [3.63, 3.8) is 0 Å². The van der Waals surface area contributed by atoms with E-state index in [4.69, 9.17) is 5.73 Å². The van der Waals surface area contributed by atoms with Crippen LogP contribution in [0.2, 0.25) is 0 Å². The summed E-state index contributed by atoms with van der Waals surface area (Å²) in [7, 11) is 3.99. The highest BCUT2D eigenvalue weighted by molar-refractivity contribution is 7.22. The minimum atomic E-state index is 0.00822. The molecular formula is C13H18N4OS. The third-order valence-corrected chi connectivity index (χ3v) is 3.60. The highest BCUT2D eigenvalue weighted by atomic mass is 32.1. The Labute approximate surface area is 116 Å². The molecule has 0 aliphatic heterocycles. The maximum absolute atomic E-state index is 11.8. The molecule has 1 amide bonds. The van der Waals surface area contributed by atoms with Crippen molar-refractivity contribution in [2.45, 2.75) is 12.8 Å². The van der Waals surface area contributed by atoms with Crippen LogP contribution in [0, 0.1) is 0 Å². The average Bonchev–Trinajstić information content (AvgIpc) is 2.69. The smallest absolute Gasteiger partial charge is 0.226 e. The number of nitrogens with zero attached hydrogens (tertiary/aromatic N) is 2. The number of rotatable bonds is 5. The molecule has 2 aromatic rings. The molecule has 0 aliphatic carbocycles. The quantitative estimate of drug-likeness (QED) is 0.822. The monoisotopic (exact) mass is 278 g/mol. The van der Waals surface area contributed by atoms with Gasteiger partial charge in [0.25, 0.3) is 0 Å². The summed E-state index contributed by atoms with van der Waals surface area (Å²) in [5, 5.41) is 3.47. The van der Waals surface area contributed by atoms with Gasteiger partial charge in [-0.05, 0) is 45.3 Å². The molecule has 0 spiro atoms. The molecule has 19 heavy (non-hydrogen) atoms. The van der Waals surface area contributed by atoms with Crippen LogP contribution in [0.5, 0.6) is 0 Å². The highest BCUT2D eigenvalue weighted by Gasteiger charge is 2.08. The van der Waals surface area contributed by atoms with Gasteiger partial charge in [-0.1, -0.05) is 11.3 Å². The summed E-state index contributed by atoms with van der Waals surface area (Å²) >= 11 is 1.45. The number of carbonyl (C=O) groups excluding carboxylic acids is 1. The van der Waals surface area contributed by atoms with Gasteiger partial charge in [0, 0.05) is 12.1 Å². The van der Waals surface area contributed by atoms with E-state index in [1.807, 2.05) is 32.3 Å². The minimum absolute atomic E-state index is 0.00822. The summed E-state index contributed by atoms with van der Waals surface area (Å²) in [6.45, 7) is 0.907. The van der Waals surface area contributed by atoms with Crippen molar-refractivity contribution < 1.29 is 4.79 Å². The van der Waals surface area contributed by atoms with Crippen molar-refractivity contribution >= 4 is 38.3 Å². The van der Waals surface area contributed by atoms with Crippen molar-refractivity contribution in [1.29, 1.82) is 0 Å². The lowest BCUT2D eigenvalue weighted by atomic mass is 10.3. The van der Waals surface area contributed by atoms with Crippen LogP contribution in [0.1, 0.15) is 12.8 Å². The number of nitrogens with two attached hydrogens (primary N) is 1. The first-order valence-electron chi connectivity index (χ1n) is 6.15. The molecule has 0 saturated carbocycles. The number of carbonyl (C=O) groups is 1. The van der Waals surface area contributed by atoms with Gasteiger partial charge in [0.15, 0.2) is 5.13 Å². The molecule has 102 valence electrons. The van der Waals surface area contributed by atoms with E-state index in [1.54, 1.807) is 0 Å². The van der Waals surface area contributed by atoms with E-state index in [0.717, 1.165) is 23.2 Å². The SMILES string of the molecule is CN(C)CCCC(=O)Nc1nc2ccc(N)cc2s1. The lowest BCUT2D eigenvalue weighted by Gasteiger charge is -2.08. The Morgan fingerprint density at radius 2 is 2.26 bits per heavy atom. The summed E-state index contributed by atoms with van der Waals surface area (Å²) < 4.78 is 0.989. The van der Waals surface area contributed by atoms with Gasteiger partial charge in [0.1, 0.15) is 0 Å². The van der Waals surface area contributed by atoms with E-state index >= 15 is 0 Å². The zero-order valence-electron chi connectivity index (χ0n) is 11.1. The fraction of sp³-hybridized carbons (Fsp3) is 0.385. The Morgan fingerprint density at radius 1 is 1.47 bits per heavy atom. The van der Waals surface area contributed by atoms with Gasteiger partial charge in [-0.15, -0.1) is 0 Å². The number of hydrogen-bond acceptors (Lipinski definition) is 5. The van der Waals surface area contributed by atoms with Crippen molar-refractivity contribution in [1.82, 2.24) is 9.88 Å². The number of hydrogen-bond donors (Lipinski definition) is 2. The predicted octanol–water partition coefficient (Wildman–Crippen LogP) is 2.16. The molecule has 2 rings (SSSR count). The van der Waals surface area contributed by atoms with Gasteiger partial charge in [0.2, 0.25) is 5.91 Å². The van der Waals surface area contributed by atoms with E-state index in [2.05, 4.69) is 15.2 Å². The molecule has 1 heterocycles. The Morgan fingerprint density at radius 3 is 3.00 bits per heavy atom. The molecule has 3 N–H and O–H groups in total. The number of benzene rings is 1. The van der Waals surface area contributed by atoms with E-state index in [-0.39, 0.29) is 5.91 Å². The molecule has 0 saturated heterocycles. The van der Waals surface area contributed by atoms with Gasteiger partial charge in [-0.25, -0.2) is 4.98 Å². The molecule has 0 atom stereocenters.